The van der Waals surface area contributed by atoms with Gasteiger partial charge < -0.3 is 10.0 Å². The molecule has 1 heterocycles. The van der Waals surface area contributed by atoms with Gasteiger partial charge in [0.25, 0.3) is 0 Å². The molecule has 2 aromatic rings. The number of rotatable bonds is 6. The number of hydrogen-bond donors (Lipinski definition) is 1. The van der Waals surface area contributed by atoms with Gasteiger partial charge in [-0.05, 0) is 37.2 Å². The molecular weight excluding hydrogens is 248 g/mol. The maximum atomic E-state index is 10.3. The second-order valence-corrected chi connectivity index (χ2v) is 5.21. The Kier molecular flexibility index (Phi) is 5.27. The summed E-state index contributed by atoms with van der Waals surface area (Å²) in [5.41, 5.74) is 3.24. The molecule has 0 bridgehead atoms. The van der Waals surface area contributed by atoms with Crippen LogP contribution in [0.15, 0.2) is 48.7 Å². The van der Waals surface area contributed by atoms with Gasteiger partial charge in [-0.1, -0.05) is 30.3 Å². The fourth-order valence-electron chi connectivity index (χ4n) is 2.30. The molecule has 0 aliphatic rings. The zero-order valence-corrected chi connectivity index (χ0v) is 12.2. The van der Waals surface area contributed by atoms with Gasteiger partial charge in [-0.2, -0.15) is 0 Å². The van der Waals surface area contributed by atoms with Gasteiger partial charge in [0, 0.05) is 31.4 Å². The molecule has 0 aliphatic heterocycles. The Hall–Kier alpha value is -1.71. The highest BCUT2D eigenvalue weighted by Gasteiger charge is 2.12. The first-order chi connectivity index (χ1) is 9.66. The number of likely N-dealkylation sites (N-methyl/N-ethyl adjacent to an activating group) is 1. The van der Waals surface area contributed by atoms with Crippen molar-refractivity contribution in [2.24, 2.45) is 0 Å². The van der Waals surface area contributed by atoms with Crippen LogP contribution >= 0.6 is 0 Å². The van der Waals surface area contributed by atoms with Crippen LogP contribution in [0.3, 0.4) is 0 Å². The Morgan fingerprint density at radius 3 is 2.60 bits per heavy atom. The standard InChI is InChI=1S/C17H22N2O/c1-14-7-3-4-9-16(14)17(20)13-19(2)12-10-15-8-5-6-11-18-15/h3-9,11,17,20H,10,12-13H2,1-2H3. The first-order valence-corrected chi connectivity index (χ1v) is 6.99. The third kappa shape index (κ3) is 4.15. The normalized spacial score (nSPS) is 12.6. The molecule has 3 heteroatoms. The summed E-state index contributed by atoms with van der Waals surface area (Å²) >= 11 is 0. The zero-order valence-electron chi connectivity index (χ0n) is 12.2. The van der Waals surface area contributed by atoms with Crippen molar-refractivity contribution in [2.75, 3.05) is 20.1 Å². The summed E-state index contributed by atoms with van der Waals surface area (Å²) in [5.74, 6) is 0. The van der Waals surface area contributed by atoms with Crippen LogP contribution in [-0.4, -0.2) is 35.1 Å². The third-order valence-corrected chi connectivity index (χ3v) is 3.51. The van der Waals surface area contributed by atoms with Crippen LogP contribution in [0.25, 0.3) is 0 Å². The van der Waals surface area contributed by atoms with E-state index in [2.05, 4.69) is 9.88 Å². The maximum absolute atomic E-state index is 10.3. The molecule has 1 aromatic carbocycles. The topological polar surface area (TPSA) is 36.4 Å². The fraction of sp³-hybridized carbons (Fsp3) is 0.353. The van der Waals surface area contributed by atoms with E-state index in [-0.39, 0.29) is 0 Å². The quantitative estimate of drug-likeness (QED) is 0.876. The first kappa shape index (κ1) is 14.7. The van der Waals surface area contributed by atoms with Crippen LogP contribution in [0.2, 0.25) is 0 Å². The molecular formula is C17H22N2O. The SMILES string of the molecule is Cc1ccccc1C(O)CN(C)CCc1ccccn1. The van der Waals surface area contributed by atoms with E-state index < -0.39 is 6.10 Å². The molecule has 0 fully saturated rings. The van der Waals surface area contributed by atoms with Crippen molar-refractivity contribution in [1.82, 2.24) is 9.88 Å². The smallest absolute Gasteiger partial charge is 0.0919 e. The van der Waals surface area contributed by atoms with Crippen molar-refractivity contribution in [3.8, 4) is 0 Å². The van der Waals surface area contributed by atoms with E-state index in [1.54, 1.807) is 0 Å². The highest BCUT2D eigenvalue weighted by Crippen LogP contribution is 2.17. The van der Waals surface area contributed by atoms with E-state index in [0.29, 0.717) is 6.54 Å². The molecule has 1 N–H and O–H groups in total. The second-order valence-electron chi connectivity index (χ2n) is 5.21. The fourth-order valence-corrected chi connectivity index (χ4v) is 2.30. The molecule has 1 atom stereocenters. The maximum Gasteiger partial charge on any atom is 0.0919 e. The van der Waals surface area contributed by atoms with Crippen LogP contribution in [0, 0.1) is 6.92 Å². The summed E-state index contributed by atoms with van der Waals surface area (Å²) in [6.07, 6.45) is 2.28. The van der Waals surface area contributed by atoms with Gasteiger partial charge in [0.05, 0.1) is 6.10 Å². The van der Waals surface area contributed by atoms with Crippen LogP contribution in [0.5, 0.6) is 0 Å². The first-order valence-electron chi connectivity index (χ1n) is 6.99. The minimum Gasteiger partial charge on any atom is -0.387 e. The summed E-state index contributed by atoms with van der Waals surface area (Å²) in [7, 11) is 2.03. The summed E-state index contributed by atoms with van der Waals surface area (Å²) in [6, 6.07) is 14.0. The molecule has 2 rings (SSSR count). The Bertz CT molecular complexity index is 528. The van der Waals surface area contributed by atoms with Gasteiger partial charge in [-0.3, -0.25) is 4.98 Å². The van der Waals surface area contributed by atoms with Gasteiger partial charge in [-0.25, -0.2) is 0 Å². The van der Waals surface area contributed by atoms with Crippen molar-refractivity contribution < 1.29 is 5.11 Å². The highest BCUT2D eigenvalue weighted by atomic mass is 16.3. The third-order valence-electron chi connectivity index (χ3n) is 3.51. The van der Waals surface area contributed by atoms with Crippen molar-refractivity contribution in [3.63, 3.8) is 0 Å². The van der Waals surface area contributed by atoms with Crippen LogP contribution in [0.4, 0.5) is 0 Å². The van der Waals surface area contributed by atoms with E-state index in [0.717, 1.165) is 29.8 Å². The predicted octanol–water partition coefficient (Wildman–Crippen LogP) is 2.60. The molecule has 0 saturated carbocycles. The Balaban J connectivity index is 1.85. The number of benzene rings is 1. The van der Waals surface area contributed by atoms with Crippen LogP contribution in [-0.2, 0) is 6.42 Å². The average molecular weight is 270 g/mol. The number of aliphatic hydroxyl groups excluding tert-OH is 1. The second kappa shape index (κ2) is 7.17. The molecule has 0 saturated heterocycles. The molecule has 20 heavy (non-hydrogen) atoms. The van der Waals surface area contributed by atoms with Crippen molar-refractivity contribution >= 4 is 0 Å². The molecule has 0 amide bonds. The largest absolute Gasteiger partial charge is 0.387 e. The van der Waals surface area contributed by atoms with Crippen molar-refractivity contribution in [1.29, 1.82) is 0 Å². The summed E-state index contributed by atoms with van der Waals surface area (Å²) in [4.78, 5) is 6.46. The molecule has 0 spiro atoms. The van der Waals surface area contributed by atoms with Gasteiger partial charge in [0.2, 0.25) is 0 Å². The summed E-state index contributed by atoms with van der Waals surface area (Å²) in [6.45, 7) is 3.56. The van der Waals surface area contributed by atoms with E-state index in [1.807, 2.05) is 62.6 Å². The Morgan fingerprint density at radius 1 is 1.15 bits per heavy atom. The molecule has 3 nitrogen and oxygen atoms in total. The molecule has 0 aliphatic carbocycles. The van der Waals surface area contributed by atoms with Crippen LogP contribution < -0.4 is 0 Å². The van der Waals surface area contributed by atoms with Gasteiger partial charge in [-0.15, -0.1) is 0 Å². The van der Waals surface area contributed by atoms with Crippen molar-refractivity contribution in [3.05, 3.63) is 65.5 Å². The van der Waals surface area contributed by atoms with Gasteiger partial charge >= 0.3 is 0 Å². The summed E-state index contributed by atoms with van der Waals surface area (Å²) < 4.78 is 0. The number of hydrogen-bond acceptors (Lipinski definition) is 3. The lowest BCUT2D eigenvalue weighted by molar-refractivity contribution is 0.127. The minimum absolute atomic E-state index is 0.440. The Morgan fingerprint density at radius 2 is 1.90 bits per heavy atom. The lowest BCUT2D eigenvalue weighted by atomic mass is 10.0. The molecule has 1 unspecified atom stereocenters. The number of aryl methyl sites for hydroxylation is 1. The average Bonchev–Trinajstić information content (AvgIpc) is 2.46. The predicted molar refractivity (Wildman–Crippen MR) is 81.6 cm³/mol. The number of aliphatic hydroxyl groups is 1. The highest BCUT2D eigenvalue weighted by molar-refractivity contribution is 5.27. The molecule has 106 valence electrons. The van der Waals surface area contributed by atoms with Gasteiger partial charge in [0.15, 0.2) is 0 Å². The summed E-state index contributed by atoms with van der Waals surface area (Å²) in [5, 5.41) is 10.3. The zero-order chi connectivity index (χ0) is 14.4. The monoisotopic (exact) mass is 270 g/mol. The van der Waals surface area contributed by atoms with E-state index in [1.165, 1.54) is 0 Å². The van der Waals surface area contributed by atoms with E-state index >= 15 is 0 Å². The minimum atomic E-state index is -0.440. The lowest BCUT2D eigenvalue weighted by Crippen LogP contribution is -2.27. The molecule has 1 aromatic heterocycles. The lowest BCUT2D eigenvalue weighted by Gasteiger charge is -2.21. The van der Waals surface area contributed by atoms with Crippen molar-refractivity contribution in [2.45, 2.75) is 19.4 Å². The number of pyridine rings is 1. The Labute approximate surface area is 120 Å². The number of nitrogens with zero attached hydrogens (tertiary/aromatic N) is 2. The molecule has 0 radical (unpaired) electrons. The van der Waals surface area contributed by atoms with E-state index in [4.69, 9.17) is 0 Å². The van der Waals surface area contributed by atoms with Crippen LogP contribution in [0.1, 0.15) is 22.9 Å². The van der Waals surface area contributed by atoms with Gasteiger partial charge in [0.1, 0.15) is 0 Å². The van der Waals surface area contributed by atoms with E-state index in [9.17, 15) is 5.11 Å². The number of aromatic nitrogens is 1.